The monoisotopic (exact) mass is 392 g/mol. The lowest BCUT2D eigenvalue weighted by molar-refractivity contribution is -0.137. The van der Waals surface area contributed by atoms with Crippen LogP contribution in [0.2, 0.25) is 0 Å². The van der Waals surface area contributed by atoms with Crippen LogP contribution < -0.4 is 5.73 Å². The van der Waals surface area contributed by atoms with Gasteiger partial charge in [-0.3, -0.25) is 9.59 Å². The normalized spacial score (nSPS) is 18.9. The number of aliphatic hydroxyl groups is 1. The molecule has 3 heterocycles. The zero-order valence-electron chi connectivity index (χ0n) is 15.0. The van der Waals surface area contributed by atoms with Crippen LogP contribution in [0.25, 0.3) is 21.5 Å². The number of primary amides is 1. The minimum Gasteiger partial charge on any atom is -0.369 e. The van der Waals surface area contributed by atoms with E-state index in [9.17, 15) is 14.7 Å². The number of hydrogen-bond donors (Lipinski definition) is 2. The van der Waals surface area contributed by atoms with E-state index in [0.29, 0.717) is 23.4 Å². The SMILES string of the molecule is CN1CC[C@@](O)(C#Cc2cc(-c3cccc(C(N)=O)n3)c3ncsc3c2)C1=O. The number of benzene rings is 1. The Hall–Kier alpha value is -3.28. The molecule has 28 heavy (non-hydrogen) atoms. The van der Waals surface area contributed by atoms with E-state index >= 15 is 0 Å². The Kier molecular flexibility index (Phi) is 4.34. The van der Waals surface area contributed by atoms with Gasteiger partial charge < -0.3 is 15.7 Å². The number of carbonyl (C=O) groups excluding carboxylic acids is 2. The van der Waals surface area contributed by atoms with E-state index in [2.05, 4.69) is 21.8 Å². The van der Waals surface area contributed by atoms with Gasteiger partial charge in [0.25, 0.3) is 11.8 Å². The third-order valence-electron chi connectivity index (χ3n) is 4.64. The molecule has 8 heteroatoms. The van der Waals surface area contributed by atoms with E-state index < -0.39 is 17.4 Å². The van der Waals surface area contributed by atoms with Gasteiger partial charge in [-0.2, -0.15) is 0 Å². The first-order chi connectivity index (χ1) is 13.4. The topological polar surface area (TPSA) is 109 Å². The lowest BCUT2D eigenvalue weighted by Crippen LogP contribution is -2.37. The highest BCUT2D eigenvalue weighted by molar-refractivity contribution is 7.16. The Morgan fingerprint density at radius 2 is 2.21 bits per heavy atom. The van der Waals surface area contributed by atoms with Gasteiger partial charge in [0, 0.05) is 31.1 Å². The van der Waals surface area contributed by atoms with Crippen LogP contribution in [0.15, 0.2) is 35.8 Å². The number of rotatable bonds is 2. The molecule has 0 radical (unpaired) electrons. The van der Waals surface area contributed by atoms with Gasteiger partial charge >= 0.3 is 0 Å². The molecule has 0 saturated carbocycles. The van der Waals surface area contributed by atoms with Gasteiger partial charge in [0.1, 0.15) is 5.69 Å². The van der Waals surface area contributed by atoms with Crippen LogP contribution in [-0.4, -0.2) is 51.0 Å². The molecule has 3 N–H and O–H groups in total. The van der Waals surface area contributed by atoms with Gasteiger partial charge in [0.15, 0.2) is 0 Å². The molecule has 1 aliphatic rings. The average Bonchev–Trinajstić information content (AvgIpc) is 3.26. The highest BCUT2D eigenvalue weighted by Crippen LogP contribution is 2.30. The van der Waals surface area contributed by atoms with Crippen LogP contribution >= 0.6 is 11.3 Å². The molecule has 1 aromatic carbocycles. The summed E-state index contributed by atoms with van der Waals surface area (Å²) in [6, 6.07) is 8.66. The fourth-order valence-electron chi connectivity index (χ4n) is 3.10. The first kappa shape index (κ1) is 18.1. The Morgan fingerprint density at radius 3 is 2.93 bits per heavy atom. The summed E-state index contributed by atoms with van der Waals surface area (Å²) in [5, 5.41) is 10.5. The van der Waals surface area contributed by atoms with Gasteiger partial charge in [0.05, 0.1) is 21.4 Å². The van der Waals surface area contributed by atoms with Gasteiger partial charge in [-0.15, -0.1) is 11.3 Å². The third kappa shape index (κ3) is 3.11. The quantitative estimate of drug-likeness (QED) is 0.641. The summed E-state index contributed by atoms with van der Waals surface area (Å²) >= 11 is 1.44. The molecule has 2 aromatic heterocycles. The van der Waals surface area contributed by atoms with Crippen molar-refractivity contribution in [2.45, 2.75) is 12.0 Å². The Morgan fingerprint density at radius 1 is 1.39 bits per heavy atom. The number of nitrogens with two attached hydrogens (primary N) is 1. The van der Waals surface area contributed by atoms with Crippen LogP contribution in [-0.2, 0) is 4.79 Å². The number of likely N-dealkylation sites (N-methyl/N-ethyl adjacent to an activating group) is 1. The zero-order chi connectivity index (χ0) is 19.9. The second-order valence-electron chi connectivity index (χ2n) is 6.58. The summed E-state index contributed by atoms with van der Waals surface area (Å²) in [6.45, 7) is 0.465. The van der Waals surface area contributed by atoms with Gasteiger partial charge in [0.2, 0.25) is 5.60 Å². The molecule has 0 bridgehead atoms. The van der Waals surface area contributed by atoms with Crippen LogP contribution in [0.5, 0.6) is 0 Å². The minimum atomic E-state index is -1.66. The standard InChI is InChI=1S/C20H16N4O3S/c1-24-8-7-20(27,19(24)26)6-5-12-9-13(17-16(10-12)28-11-22-17)14-3-2-4-15(23-14)18(21)25/h2-4,9-11,27H,7-8H2,1H3,(H2,21,25)/t20-/m0/s1. The van der Waals surface area contributed by atoms with Crippen LogP contribution in [0, 0.1) is 11.8 Å². The van der Waals surface area contributed by atoms with Gasteiger partial charge in [-0.1, -0.05) is 17.9 Å². The van der Waals surface area contributed by atoms with Crippen molar-refractivity contribution in [3.05, 3.63) is 47.1 Å². The Labute approximate surface area is 164 Å². The zero-order valence-corrected chi connectivity index (χ0v) is 15.8. The number of aromatic nitrogens is 2. The smallest absolute Gasteiger partial charge is 0.267 e. The van der Waals surface area contributed by atoms with Gasteiger partial charge in [-0.05, 0) is 24.3 Å². The molecule has 2 amide bonds. The fourth-order valence-corrected chi connectivity index (χ4v) is 3.84. The van der Waals surface area contributed by atoms with Crippen LogP contribution in [0.3, 0.4) is 0 Å². The van der Waals surface area contributed by atoms with E-state index in [0.717, 1.165) is 10.2 Å². The van der Waals surface area contributed by atoms with Crippen molar-refractivity contribution in [3.63, 3.8) is 0 Å². The third-order valence-corrected chi connectivity index (χ3v) is 5.41. The van der Waals surface area contributed by atoms with Crippen molar-refractivity contribution in [1.82, 2.24) is 14.9 Å². The van der Waals surface area contributed by atoms with E-state index in [1.165, 1.54) is 16.2 Å². The second-order valence-corrected chi connectivity index (χ2v) is 7.47. The largest absolute Gasteiger partial charge is 0.369 e. The minimum absolute atomic E-state index is 0.159. The molecule has 7 nitrogen and oxygen atoms in total. The highest BCUT2D eigenvalue weighted by Gasteiger charge is 2.42. The predicted molar refractivity (Wildman–Crippen MR) is 105 cm³/mol. The molecule has 1 saturated heterocycles. The first-order valence-corrected chi connectivity index (χ1v) is 9.41. The predicted octanol–water partition coefficient (Wildman–Crippen LogP) is 1.40. The summed E-state index contributed by atoms with van der Waals surface area (Å²) < 4.78 is 0.884. The summed E-state index contributed by atoms with van der Waals surface area (Å²) in [7, 11) is 1.64. The second kappa shape index (κ2) is 6.71. The Bertz CT molecular complexity index is 1180. The molecule has 0 spiro atoms. The number of carbonyl (C=O) groups is 2. The van der Waals surface area contributed by atoms with Crippen molar-refractivity contribution in [3.8, 4) is 23.1 Å². The number of likely N-dealkylation sites (tertiary alicyclic amines) is 1. The van der Waals surface area contributed by atoms with Crippen molar-refractivity contribution >= 4 is 33.4 Å². The van der Waals surface area contributed by atoms with E-state index in [4.69, 9.17) is 5.73 Å². The number of fused-ring (bicyclic) bond motifs is 1. The number of nitrogens with zero attached hydrogens (tertiary/aromatic N) is 3. The number of pyridine rings is 1. The lowest BCUT2D eigenvalue weighted by Gasteiger charge is -2.13. The molecule has 0 aliphatic carbocycles. The molecule has 1 fully saturated rings. The van der Waals surface area contributed by atoms with Crippen molar-refractivity contribution in [2.24, 2.45) is 5.73 Å². The van der Waals surface area contributed by atoms with Gasteiger partial charge in [-0.25, -0.2) is 9.97 Å². The maximum atomic E-state index is 12.1. The molecule has 1 aliphatic heterocycles. The van der Waals surface area contributed by atoms with Crippen molar-refractivity contribution in [2.75, 3.05) is 13.6 Å². The van der Waals surface area contributed by atoms with E-state index in [-0.39, 0.29) is 12.1 Å². The molecule has 3 aromatic rings. The number of thiazole rings is 1. The molecule has 140 valence electrons. The Balaban J connectivity index is 1.81. The summed E-state index contributed by atoms with van der Waals surface area (Å²) in [5.41, 5.74) is 8.15. The fraction of sp³-hybridized carbons (Fsp3) is 0.200. The molecular weight excluding hydrogens is 376 g/mol. The first-order valence-electron chi connectivity index (χ1n) is 8.53. The highest BCUT2D eigenvalue weighted by atomic mass is 32.1. The summed E-state index contributed by atoms with van der Waals surface area (Å²) in [5.74, 6) is 4.64. The van der Waals surface area contributed by atoms with E-state index in [1.807, 2.05) is 6.07 Å². The van der Waals surface area contributed by atoms with Crippen molar-refractivity contribution in [1.29, 1.82) is 0 Å². The maximum absolute atomic E-state index is 12.1. The number of amides is 2. The van der Waals surface area contributed by atoms with Crippen LogP contribution in [0.1, 0.15) is 22.5 Å². The molecule has 0 unspecified atom stereocenters. The summed E-state index contributed by atoms with van der Waals surface area (Å²) in [4.78, 5) is 33.8. The average molecular weight is 392 g/mol. The van der Waals surface area contributed by atoms with Crippen LogP contribution in [0.4, 0.5) is 0 Å². The lowest BCUT2D eigenvalue weighted by atomic mass is 10.0. The molecular formula is C20H16N4O3S. The van der Waals surface area contributed by atoms with Crippen molar-refractivity contribution < 1.29 is 14.7 Å². The molecule has 1 atom stereocenters. The van der Waals surface area contributed by atoms with E-state index in [1.54, 1.807) is 36.8 Å². The number of hydrogen-bond acceptors (Lipinski definition) is 6. The maximum Gasteiger partial charge on any atom is 0.267 e. The molecule has 4 rings (SSSR count). The summed E-state index contributed by atoms with van der Waals surface area (Å²) in [6.07, 6.45) is 0.271.